The molecule has 1 aromatic carbocycles. The van der Waals surface area contributed by atoms with E-state index in [-0.39, 0.29) is 17.2 Å². The topological polar surface area (TPSA) is 60.4 Å². The van der Waals surface area contributed by atoms with Crippen molar-refractivity contribution in [2.75, 3.05) is 0 Å². The Morgan fingerprint density at radius 1 is 1.33 bits per heavy atom. The summed E-state index contributed by atoms with van der Waals surface area (Å²) in [5.41, 5.74) is 0.978. The van der Waals surface area contributed by atoms with E-state index < -0.39 is 5.97 Å². The minimum Gasteiger partial charge on any atom is -0.872 e. The molecule has 1 unspecified atom stereocenters. The van der Waals surface area contributed by atoms with Crippen LogP contribution in [0.15, 0.2) is 18.2 Å². The van der Waals surface area contributed by atoms with Gasteiger partial charge in [-0.25, -0.2) is 4.79 Å². The highest BCUT2D eigenvalue weighted by atomic mass is 16.4. The molecule has 0 saturated heterocycles. The van der Waals surface area contributed by atoms with E-state index in [0.29, 0.717) is 5.56 Å². The lowest BCUT2D eigenvalue weighted by Crippen LogP contribution is -2.08. The van der Waals surface area contributed by atoms with Crippen LogP contribution < -0.4 is 5.11 Å². The van der Waals surface area contributed by atoms with Gasteiger partial charge in [0.2, 0.25) is 0 Å². The predicted octanol–water partition coefficient (Wildman–Crippen LogP) is 3.53. The molecule has 1 atom stereocenters. The van der Waals surface area contributed by atoms with Gasteiger partial charge in [0.15, 0.2) is 0 Å². The van der Waals surface area contributed by atoms with Gasteiger partial charge in [0, 0.05) is 0 Å². The second-order valence-electron chi connectivity index (χ2n) is 4.66. The summed E-state index contributed by atoms with van der Waals surface area (Å²) in [7, 11) is 0. The number of aromatic carboxylic acids is 1. The molecule has 0 saturated carbocycles. The third-order valence-electron chi connectivity index (χ3n) is 3.34. The molecule has 0 spiro atoms. The molecule has 1 aromatic rings. The number of carbonyl (C=O) groups is 1. The van der Waals surface area contributed by atoms with E-state index in [4.69, 9.17) is 0 Å². The molecule has 1 rings (SSSR count). The molecular formula is C15H21O3-. The Bertz CT molecular complexity index is 399. The van der Waals surface area contributed by atoms with E-state index in [0.717, 1.165) is 32.1 Å². The van der Waals surface area contributed by atoms with Crippen molar-refractivity contribution in [3.8, 4) is 5.75 Å². The fourth-order valence-corrected chi connectivity index (χ4v) is 2.29. The number of hydrogen-bond acceptors (Lipinski definition) is 2. The lowest BCUT2D eigenvalue weighted by atomic mass is 9.87. The Morgan fingerprint density at radius 2 is 2.06 bits per heavy atom. The van der Waals surface area contributed by atoms with Gasteiger partial charge in [-0.3, -0.25) is 0 Å². The highest BCUT2D eigenvalue weighted by Crippen LogP contribution is 2.30. The highest BCUT2D eigenvalue weighted by Gasteiger charge is 2.16. The van der Waals surface area contributed by atoms with Crippen molar-refractivity contribution >= 4 is 5.97 Å². The summed E-state index contributed by atoms with van der Waals surface area (Å²) in [6, 6.07) is 4.25. The van der Waals surface area contributed by atoms with Gasteiger partial charge in [0.25, 0.3) is 0 Å². The molecule has 0 aliphatic heterocycles. The Kier molecular flexibility index (Phi) is 5.69. The fraction of sp³-hybridized carbons (Fsp3) is 0.533. The number of unbranched alkanes of at least 4 members (excludes halogenated alkanes) is 2. The van der Waals surface area contributed by atoms with Gasteiger partial charge in [-0.2, -0.15) is 0 Å². The van der Waals surface area contributed by atoms with E-state index in [9.17, 15) is 15.0 Å². The van der Waals surface area contributed by atoms with Crippen LogP contribution >= 0.6 is 0 Å². The average molecular weight is 249 g/mol. The predicted molar refractivity (Wildman–Crippen MR) is 70.0 cm³/mol. The number of hydrogen-bond donors (Lipinski definition) is 1. The SMILES string of the molecule is CCCCCC(CC)c1cc([O-])ccc1C(=O)O. The number of benzene rings is 1. The summed E-state index contributed by atoms with van der Waals surface area (Å²) in [4.78, 5) is 11.2. The van der Waals surface area contributed by atoms with E-state index >= 15 is 0 Å². The normalized spacial score (nSPS) is 12.3. The molecule has 0 aliphatic carbocycles. The first-order chi connectivity index (χ1) is 8.60. The molecule has 0 heterocycles. The molecule has 18 heavy (non-hydrogen) atoms. The van der Waals surface area contributed by atoms with E-state index in [1.807, 2.05) is 6.92 Å². The first kappa shape index (κ1) is 14.6. The van der Waals surface area contributed by atoms with E-state index in [2.05, 4.69) is 6.92 Å². The molecular weight excluding hydrogens is 228 g/mol. The monoisotopic (exact) mass is 249 g/mol. The van der Waals surface area contributed by atoms with Crippen LogP contribution in [-0.4, -0.2) is 11.1 Å². The summed E-state index contributed by atoms with van der Waals surface area (Å²) in [6.45, 7) is 4.18. The maximum atomic E-state index is 11.4. The summed E-state index contributed by atoms with van der Waals surface area (Å²) in [5.74, 6) is -0.876. The van der Waals surface area contributed by atoms with Crippen LogP contribution in [0.4, 0.5) is 0 Å². The Morgan fingerprint density at radius 3 is 2.61 bits per heavy atom. The van der Waals surface area contributed by atoms with Crippen LogP contribution in [0.25, 0.3) is 0 Å². The zero-order valence-corrected chi connectivity index (χ0v) is 11.1. The maximum absolute atomic E-state index is 11.4. The zero-order valence-electron chi connectivity index (χ0n) is 11.1. The van der Waals surface area contributed by atoms with Crippen LogP contribution in [0.2, 0.25) is 0 Å². The second kappa shape index (κ2) is 7.04. The van der Waals surface area contributed by atoms with Crippen molar-refractivity contribution in [3.05, 3.63) is 29.3 Å². The molecule has 0 aliphatic rings. The largest absolute Gasteiger partial charge is 0.872 e. The molecule has 3 heteroatoms. The molecule has 0 aromatic heterocycles. The lowest BCUT2D eigenvalue weighted by Gasteiger charge is -2.20. The smallest absolute Gasteiger partial charge is 0.335 e. The first-order valence-corrected chi connectivity index (χ1v) is 6.64. The van der Waals surface area contributed by atoms with Gasteiger partial charge in [0.1, 0.15) is 0 Å². The number of rotatable bonds is 7. The van der Waals surface area contributed by atoms with Gasteiger partial charge in [0.05, 0.1) is 5.56 Å². The minimum absolute atomic E-state index is 0.107. The summed E-state index contributed by atoms with van der Waals surface area (Å²) in [6.07, 6.45) is 5.19. The summed E-state index contributed by atoms with van der Waals surface area (Å²) >= 11 is 0. The molecule has 0 bridgehead atoms. The molecule has 100 valence electrons. The molecule has 3 nitrogen and oxygen atoms in total. The van der Waals surface area contributed by atoms with Crippen LogP contribution in [0.5, 0.6) is 5.75 Å². The molecule has 0 fully saturated rings. The summed E-state index contributed by atoms with van der Waals surface area (Å²) < 4.78 is 0. The molecule has 0 amide bonds. The zero-order chi connectivity index (χ0) is 13.5. The minimum atomic E-state index is -0.945. The van der Waals surface area contributed by atoms with Crippen molar-refractivity contribution < 1.29 is 15.0 Å². The van der Waals surface area contributed by atoms with Gasteiger partial charge >= 0.3 is 5.97 Å². The standard InChI is InChI=1S/C15H22O3/c1-3-5-6-7-11(4-2)14-10-12(16)8-9-13(14)15(17)18/h8-11,16H,3-7H2,1-2H3,(H,17,18)/p-1. The fourth-order valence-electron chi connectivity index (χ4n) is 2.29. The molecule has 0 radical (unpaired) electrons. The van der Waals surface area contributed by atoms with Crippen molar-refractivity contribution in [2.45, 2.75) is 51.9 Å². The third-order valence-corrected chi connectivity index (χ3v) is 3.34. The first-order valence-electron chi connectivity index (χ1n) is 6.64. The van der Waals surface area contributed by atoms with Crippen LogP contribution in [0, 0.1) is 0 Å². The van der Waals surface area contributed by atoms with Crippen LogP contribution in [-0.2, 0) is 0 Å². The number of carboxylic acid groups (broad SMARTS) is 1. The Labute approximate surface area is 108 Å². The van der Waals surface area contributed by atoms with Gasteiger partial charge in [-0.1, -0.05) is 45.2 Å². The van der Waals surface area contributed by atoms with Crippen molar-refractivity contribution in [1.29, 1.82) is 0 Å². The van der Waals surface area contributed by atoms with Crippen molar-refractivity contribution in [2.24, 2.45) is 0 Å². The van der Waals surface area contributed by atoms with Crippen LogP contribution in [0.1, 0.15) is 67.8 Å². The quantitative estimate of drug-likeness (QED) is 0.752. The van der Waals surface area contributed by atoms with Crippen molar-refractivity contribution in [3.63, 3.8) is 0 Å². The average Bonchev–Trinajstić information content (AvgIpc) is 2.34. The van der Waals surface area contributed by atoms with E-state index in [1.54, 1.807) is 0 Å². The van der Waals surface area contributed by atoms with Crippen LogP contribution in [0.3, 0.4) is 0 Å². The maximum Gasteiger partial charge on any atom is 0.335 e. The third kappa shape index (κ3) is 3.76. The van der Waals surface area contributed by atoms with Gasteiger partial charge in [-0.15, -0.1) is 5.75 Å². The Balaban J connectivity index is 2.95. The van der Waals surface area contributed by atoms with E-state index in [1.165, 1.54) is 18.2 Å². The Hall–Kier alpha value is -1.51. The van der Waals surface area contributed by atoms with Gasteiger partial charge in [-0.05, 0) is 30.4 Å². The second-order valence-corrected chi connectivity index (χ2v) is 4.66. The van der Waals surface area contributed by atoms with Crippen molar-refractivity contribution in [1.82, 2.24) is 0 Å². The summed E-state index contributed by atoms with van der Waals surface area (Å²) in [5, 5.41) is 20.6. The highest BCUT2D eigenvalue weighted by molar-refractivity contribution is 5.89. The lowest BCUT2D eigenvalue weighted by molar-refractivity contribution is -0.268. The van der Waals surface area contributed by atoms with Gasteiger partial charge < -0.3 is 10.2 Å². The number of carboxylic acids is 1. The molecule has 1 N–H and O–H groups in total.